The lowest BCUT2D eigenvalue weighted by Gasteiger charge is -2.47. The minimum absolute atomic E-state index is 0.0457. The van der Waals surface area contributed by atoms with Gasteiger partial charge >= 0.3 is 5.97 Å². The lowest BCUT2D eigenvalue weighted by molar-refractivity contribution is -0.321. The Kier molecular flexibility index (Phi) is 7.91. The third-order valence-electron chi connectivity index (χ3n) is 6.63. The molecule has 29 heavy (non-hydrogen) atoms. The fraction of sp³-hybridized carbons (Fsp3) is 0.913. The van der Waals surface area contributed by atoms with E-state index in [-0.39, 0.29) is 29.6 Å². The first kappa shape index (κ1) is 24.3. The molecule has 2 heterocycles. The summed E-state index contributed by atoms with van der Waals surface area (Å²) >= 11 is 0. The monoisotopic (exact) mass is 412 g/mol. The second kappa shape index (κ2) is 9.44. The van der Waals surface area contributed by atoms with Crippen molar-refractivity contribution in [3.63, 3.8) is 0 Å². The summed E-state index contributed by atoms with van der Waals surface area (Å²) in [6, 6.07) is 0. The van der Waals surface area contributed by atoms with Gasteiger partial charge in [0, 0.05) is 5.92 Å². The van der Waals surface area contributed by atoms with Crippen LogP contribution in [-0.2, 0) is 23.8 Å². The molecule has 1 N–H and O–H groups in total. The van der Waals surface area contributed by atoms with Crippen LogP contribution >= 0.6 is 0 Å². The molecule has 2 saturated heterocycles. The first-order valence-corrected chi connectivity index (χ1v) is 11.2. The van der Waals surface area contributed by atoms with Crippen LogP contribution in [0.25, 0.3) is 0 Å². The predicted molar refractivity (Wildman–Crippen MR) is 110 cm³/mol. The molecule has 0 aromatic heterocycles. The zero-order valence-corrected chi connectivity index (χ0v) is 19.3. The molecule has 2 aliphatic heterocycles. The van der Waals surface area contributed by atoms with Gasteiger partial charge in [-0.25, -0.2) is 0 Å². The average Bonchev–Trinajstić information content (AvgIpc) is 2.64. The molecular weight excluding hydrogens is 372 g/mol. The number of ketones is 1. The number of hydrogen-bond acceptors (Lipinski definition) is 6. The molecule has 2 aliphatic rings. The van der Waals surface area contributed by atoms with Crippen molar-refractivity contribution in [2.75, 3.05) is 0 Å². The standard InChI is InChI=1S/C23H40O6/c1-9-17-19(25)21-16(6)20(28-23(7,8)29-21)14(4)11-12(2)10-13(3)18(24)15(5)22(26)27-17/h12-18,20-21,24H,9-11H2,1-8H3/t12?,13?,14-,15?,16+,17?,18?,20?,21-/m1/s1. The molecule has 0 aromatic rings. The molecule has 6 heteroatoms. The fourth-order valence-corrected chi connectivity index (χ4v) is 5.04. The van der Waals surface area contributed by atoms with Crippen LogP contribution in [0.15, 0.2) is 0 Å². The van der Waals surface area contributed by atoms with Crippen molar-refractivity contribution in [1.29, 1.82) is 0 Å². The Morgan fingerprint density at radius 1 is 1.00 bits per heavy atom. The van der Waals surface area contributed by atoms with E-state index < -0.39 is 36.0 Å². The summed E-state index contributed by atoms with van der Waals surface area (Å²) in [5.74, 6) is -1.93. The Morgan fingerprint density at radius 3 is 2.17 bits per heavy atom. The van der Waals surface area contributed by atoms with Crippen LogP contribution in [0.2, 0.25) is 0 Å². The van der Waals surface area contributed by atoms with Crippen LogP contribution in [-0.4, -0.2) is 47.1 Å². The molecule has 9 atom stereocenters. The van der Waals surface area contributed by atoms with Crippen LogP contribution in [0, 0.1) is 29.6 Å². The number of aliphatic hydroxyl groups is 1. The highest BCUT2D eigenvalue weighted by Crippen LogP contribution is 2.38. The summed E-state index contributed by atoms with van der Waals surface area (Å²) in [5.41, 5.74) is 0. The minimum Gasteiger partial charge on any atom is -0.454 e. The lowest BCUT2D eigenvalue weighted by atomic mass is 9.78. The number of carbonyl (C=O) groups is 2. The molecule has 0 aromatic carbocycles. The fourth-order valence-electron chi connectivity index (χ4n) is 5.04. The van der Waals surface area contributed by atoms with Gasteiger partial charge in [-0.1, -0.05) is 34.6 Å². The van der Waals surface area contributed by atoms with Gasteiger partial charge in [0.25, 0.3) is 0 Å². The summed E-state index contributed by atoms with van der Waals surface area (Å²) in [6.07, 6.45) is -0.421. The molecule has 6 nitrogen and oxygen atoms in total. The number of cyclic esters (lactones) is 1. The van der Waals surface area contributed by atoms with Crippen molar-refractivity contribution in [3.05, 3.63) is 0 Å². The molecule has 0 saturated carbocycles. The second-order valence-electron chi connectivity index (χ2n) is 9.93. The summed E-state index contributed by atoms with van der Waals surface area (Å²) < 4.78 is 17.9. The predicted octanol–water partition coefficient (Wildman–Crippen LogP) is 3.73. The zero-order valence-electron chi connectivity index (χ0n) is 19.3. The molecule has 2 bridgehead atoms. The van der Waals surface area contributed by atoms with Crippen LogP contribution in [0.4, 0.5) is 0 Å². The van der Waals surface area contributed by atoms with Crippen molar-refractivity contribution >= 4 is 11.8 Å². The maximum absolute atomic E-state index is 13.3. The maximum Gasteiger partial charge on any atom is 0.312 e. The number of carbonyl (C=O) groups excluding carboxylic acids is 2. The quantitative estimate of drug-likeness (QED) is 0.661. The molecule has 0 aliphatic carbocycles. The maximum atomic E-state index is 13.3. The summed E-state index contributed by atoms with van der Waals surface area (Å²) in [5, 5.41) is 10.7. The first-order chi connectivity index (χ1) is 13.4. The highest BCUT2D eigenvalue weighted by Gasteiger charge is 2.48. The Labute approximate surface area is 175 Å². The van der Waals surface area contributed by atoms with Crippen molar-refractivity contribution in [2.45, 2.75) is 105 Å². The van der Waals surface area contributed by atoms with Crippen LogP contribution in [0.1, 0.15) is 74.7 Å². The molecule has 2 rings (SSSR count). The second-order valence-corrected chi connectivity index (χ2v) is 9.93. The van der Waals surface area contributed by atoms with E-state index in [0.717, 1.165) is 12.8 Å². The van der Waals surface area contributed by atoms with Gasteiger partial charge in [-0.15, -0.1) is 0 Å². The van der Waals surface area contributed by atoms with Gasteiger partial charge in [-0.2, -0.15) is 0 Å². The largest absolute Gasteiger partial charge is 0.454 e. The number of esters is 1. The molecule has 6 unspecified atom stereocenters. The van der Waals surface area contributed by atoms with E-state index >= 15 is 0 Å². The van der Waals surface area contributed by atoms with Crippen molar-refractivity contribution in [1.82, 2.24) is 0 Å². The van der Waals surface area contributed by atoms with E-state index in [4.69, 9.17) is 14.2 Å². The third-order valence-corrected chi connectivity index (χ3v) is 6.63. The summed E-state index contributed by atoms with van der Waals surface area (Å²) in [4.78, 5) is 26.0. The van der Waals surface area contributed by atoms with E-state index in [1.54, 1.807) is 6.92 Å². The Bertz CT molecular complexity index is 588. The highest BCUT2D eigenvalue weighted by molar-refractivity contribution is 5.90. The Balaban J connectivity index is 2.40. The van der Waals surface area contributed by atoms with Crippen LogP contribution < -0.4 is 0 Å². The number of ether oxygens (including phenoxy) is 3. The summed E-state index contributed by atoms with van der Waals surface area (Å²) in [7, 11) is 0. The normalized spacial score (nSPS) is 44.7. The molecule has 2 fully saturated rings. The van der Waals surface area contributed by atoms with Gasteiger partial charge in [-0.3, -0.25) is 9.59 Å². The van der Waals surface area contributed by atoms with Gasteiger partial charge < -0.3 is 19.3 Å². The van der Waals surface area contributed by atoms with Gasteiger partial charge in [0.1, 0.15) is 6.10 Å². The average molecular weight is 413 g/mol. The van der Waals surface area contributed by atoms with Crippen LogP contribution in [0.3, 0.4) is 0 Å². The number of aliphatic hydroxyl groups excluding tert-OH is 1. The van der Waals surface area contributed by atoms with E-state index in [0.29, 0.717) is 12.3 Å². The van der Waals surface area contributed by atoms with Gasteiger partial charge in [0.2, 0.25) is 5.78 Å². The van der Waals surface area contributed by atoms with E-state index in [1.807, 2.05) is 34.6 Å². The highest BCUT2D eigenvalue weighted by atomic mass is 16.7. The minimum atomic E-state index is -0.884. The van der Waals surface area contributed by atoms with Crippen molar-refractivity contribution < 1.29 is 28.9 Å². The number of rotatable bonds is 1. The van der Waals surface area contributed by atoms with Crippen molar-refractivity contribution in [2.24, 2.45) is 29.6 Å². The molecule has 168 valence electrons. The third kappa shape index (κ3) is 5.59. The Hall–Kier alpha value is -0.980. The molecular formula is C23H40O6. The molecule has 0 spiro atoms. The molecule has 0 amide bonds. The molecule has 0 radical (unpaired) electrons. The lowest BCUT2D eigenvalue weighted by Crippen LogP contribution is -2.57. The number of hydrogen-bond donors (Lipinski definition) is 1. The van der Waals surface area contributed by atoms with Gasteiger partial charge in [0.15, 0.2) is 11.9 Å². The van der Waals surface area contributed by atoms with E-state index in [9.17, 15) is 14.7 Å². The summed E-state index contributed by atoms with van der Waals surface area (Å²) in [6.45, 7) is 15.4. The first-order valence-electron chi connectivity index (χ1n) is 11.2. The van der Waals surface area contributed by atoms with Gasteiger partial charge in [-0.05, 0) is 57.8 Å². The van der Waals surface area contributed by atoms with Crippen LogP contribution in [0.5, 0.6) is 0 Å². The number of Topliss-reactive ketones (excluding diaryl/α,β-unsaturated/α-hetero) is 1. The van der Waals surface area contributed by atoms with E-state index in [1.165, 1.54) is 0 Å². The smallest absolute Gasteiger partial charge is 0.312 e. The van der Waals surface area contributed by atoms with Gasteiger partial charge in [0.05, 0.1) is 18.1 Å². The number of fused-ring (bicyclic) bond motifs is 2. The zero-order chi connectivity index (χ0) is 22.1. The van der Waals surface area contributed by atoms with E-state index in [2.05, 4.69) is 13.8 Å². The Morgan fingerprint density at radius 2 is 1.59 bits per heavy atom. The van der Waals surface area contributed by atoms with Crippen molar-refractivity contribution in [3.8, 4) is 0 Å². The SMILES string of the molecule is CCC1OC(=O)C(C)C(O)C(C)CC(C)C[C@@H](C)C2OC(C)(C)O[C@@H](C1=O)[C@H]2C. The topological polar surface area (TPSA) is 82.1 Å².